The van der Waals surface area contributed by atoms with Crippen LogP contribution in [0.25, 0.3) is 0 Å². The number of hydrogen-bond acceptors (Lipinski definition) is 3. The van der Waals surface area contributed by atoms with E-state index in [0.717, 1.165) is 11.4 Å². The number of nitrogens with one attached hydrogen (secondary N) is 1. The number of amides is 1. The van der Waals surface area contributed by atoms with Gasteiger partial charge in [-0.3, -0.25) is 9.48 Å². The number of nitrogens with zero attached hydrogens (tertiary/aromatic N) is 3. The van der Waals surface area contributed by atoms with Crippen molar-refractivity contribution >= 4 is 11.6 Å². The lowest BCUT2D eigenvalue weighted by atomic mass is 10.2. The molecule has 0 saturated heterocycles. The zero-order valence-corrected chi connectivity index (χ0v) is 12.4. The number of aromatic nitrogens is 2. The van der Waals surface area contributed by atoms with E-state index in [-0.39, 0.29) is 11.9 Å². The van der Waals surface area contributed by atoms with Gasteiger partial charge in [-0.2, -0.15) is 10.4 Å². The molecule has 1 heterocycles. The maximum Gasteiger partial charge on any atom is 0.226 e. The van der Waals surface area contributed by atoms with Crippen LogP contribution in [0, 0.1) is 25.2 Å². The first kappa shape index (κ1) is 14.8. The Morgan fingerprint density at radius 2 is 2.19 bits per heavy atom. The zero-order valence-electron chi connectivity index (χ0n) is 12.4. The average Bonchev–Trinajstić information content (AvgIpc) is 2.77. The number of benzene rings is 1. The van der Waals surface area contributed by atoms with Gasteiger partial charge in [0.1, 0.15) is 0 Å². The Morgan fingerprint density at radius 1 is 1.43 bits per heavy atom. The van der Waals surface area contributed by atoms with Gasteiger partial charge in [0.15, 0.2) is 0 Å². The standard InChI is InChI=1S/C16H18N4O/c1-11-7-12(2)20(19-11)13(3)8-16(21)18-15-6-4-5-14(9-15)10-17/h4-7,9,13H,8H2,1-3H3,(H,18,21)/t13-/m1/s1. The Kier molecular flexibility index (Phi) is 4.39. The van der Waals surface area contributed by atoms with E-state index in [1.54, 1.807) is 24.3 Å². The zero-order chi connectivity index (χ0) is 15.4. The van der Waals surface area contributed by atoms with E-state index in [2.05, 4.69) is 16.5 Å². The van der Waals surface area contributed by atoms with Gasteiger partial charge >= 0.3 is 0 Å². The molecule has 1 aromatic carbocycles. The van der Waals surface area contributed by atoms with Gasteiger partial charge in [-0.05, 0) is 45.0 Å². The summed E-state index contributed by atoms with van der Waals surface area (Å²) >= 11 is 0. The molecule has 2 aromatic rings. The highest BCUT2D eigenvalue weighted by Crippen LogP contribution is 2.16. The second-order valence-corrected chi connectivity index (χ2v) is 5.17. The number of nitriles is 1. The van der Waals surface area contributed by atoms with Gasteiger partial charge < -0.3 is 5.32 Å². The van der Waals surface area contributed by atoms with Crippen molar-refractivity contribution in [2.24, 2.45) is 0 Å². The second-order valence-electron chi connectivity index (χ2n) is 5.17. The third kappa shape index (κ3) is 3.69. The number of rotatable bonds is 4. The monoisotopic (exact) mass is 282 g/mol. The van der Waals surface area contributed by atoms with E-state index in [1.165, 1.54) is 0 Å². The molecule has 0 saturated carbocycles. The highest BCUT2D eigenvalue weighted by atomic mass is 16.1. The second kappa shape index (κ2) is 6.23. The highest BCUT2D eigenvalue weighted by molar-refractivity contribution is 5.91. The number of carbonyl (C=O) groups excluding carboxylic acids is 1. The number of anilines is 1. The molecule has 0 radical (unpaired) electrons. The lowest BCUT2D eigenvalue weighted by molar-refractivity contribution is -0.116. The maximum absolute atomic E-state index is 12.1. The highest BCUT2D eigenvalue weighted by Gasteiger charge is 2.14. The molecule has 0 aliphatic heterocycles. The minimum absolute atomic E-state index is 0.0159. The number of aryl methyl sites for hydroxylation is 2. The number of carbonyl (C=O) groups is 1. The van der Waals surface area contributed by atoms with Crippen LogP contribution in [0.2, 0.25) is 0 Å². The van der Waals surface area contributed by atoms with Crippen LogP contribution in [-0.4, -0.2) is 15.7 Å². The van der Waals surface area contributed by atoms with Crippen molar-refractivity contribution in [3.8, 4) is 6.07 Å². The molecule has 1 N–H and O–H groups in total. The van der Waals surface area contributed by atoms with E-state index in [1.807, 2.05) is 31.5 Å². The summed E-state index contributed by atoms with van der Waals surface area (Å²) < 4.78 is 1.86. The minimum atomic E-state index is -0.0925. The fraction of sp³-hybridized carbons (Fsp3) is 0.312. The van der Waals surface area contributed by atoms with E-state index in [0.29, 0.717) is 17.7 Å². The first-order chi connectivity index (χ1) is 9.99. The Balaban J connectivity index is 2.01. The van der Waals surface area contributed by atoms with Crippen LogP contribution >= 0.6 is 0 Å². The molecule has 5 heteroatoms. The Bertz CT molecular complexity index is 697. The quantitative estimate of drug-likeness (QED) is 0.937. The average molecular weight is 282 g/mol. The molecular formula is C16H18N4O. The fourth-order valence-corrected chi connectivity index (χ4v) is 2.33. The minimum Gasteiger partial charge on any atom is -0.326 e. The topological polar surface area (TPSA) is 70.7 Å². The predicted molar refractivity (Wildman–Crippen MR) is 80.8 cm³/mol. The molecule has 5 nitrogen and oxygen atoms in total. The van der Waals surface area contributed by atoms with Gasteiger partial charge in [0.05, 0.1) is 23.4 Å². The lowest BCUT2D eigenvalue weighted by Crippen LogP contribution is -2.19. The smallest absolute Gasteiger partial charge is 0.226 e. The first-order valence-electron chi connectivity index (χ1n) is 6.82. The van der Waals surface area contributed by atoms with Gasteiger partial charge in [0.25, 0.3) is 0 Å². The van der Waals surface area contributed by atoms with Crippen LogP contribution in [0.3, 0.4) is 0 Å². The summed E-state index contributed by atoms with van der Waals surface area (Å²) in [5.74, 6) is -0.0925. The summed E-state index contributed by atoms with van der Waals surface area (Å²) in [6.45, 7) is 5.87. The van der Waals surface area contributed by atoms with Crippen molar-refractivity contribution < 1.29 is 4.79 Å². The van der Waals surface area contributed by atoms with Gasteiger partial charge in [-0.15, -0.1) is 0 Å². The molecular weight excluding hydrogens is 264 g/mol. The largest absolute Gasteiger partial charge is 0.326 e. The van der Waals surface area contributed by atoms with E-state index < -0.39 is 0 Å². The Morgan fingerprint density at radius 3 is 2.81 bits per heavy atom. The molecule has 21 heavy (non-hydrogen) atoms. The Labute approximate surface area is 124 Å². The van der Waals surface area contributed by atoms with Crippen LogP contribution < -0.4 is 5.32 Å². The molecule has 0 bridgehead atoms. The SMILES string of the molecule is Cc1cc(C)n([C@H](C)CC(=O)Nc2cccc(C#N)c2)n1. The molecule has 1 atom stereocenters. The molecule has 108 valence electrons. The summed E-state index contributed by atoms with van der Waals surface area (Å²) in [5, 5.41) is 16.1. The van der Waals surface area contributed by atoms with E-state index in [4.69, 9.17) is 5.26 Å². The molecule has 2 rings (SSSR count). The van der Waals surface area contributed by atoms with Crippen molar-refractivity contribution in [3.05, 3.63) is 47.3 Å². The van der Waals surface area contributed by atoms with Gasteiger partial charge in [-0.25, -0.2) is 0 Å². The van der Waals surface area contributed by atoms with Crippen molar-refractivity contribution in [3.63, 3.8) is 0 Å². The molecule has 0 unspecified atom stereocenters. The van der Waals surface area contributed by atoms with Crippen LogP contribution in [-0.2, 0) is 4.79 Å². The van der Waals surface area contributed by atoms with Gasteiger partial charge in [-0.1, -0.05) is 6.07 Å². The summed E-state index contributed by atoms with van der Waals surface area (Å²) in [5.41, 5.74) is 3.15. The maximum atomic E-state index is 12.1. The third-order valence-corrected chi connectivity index (χ3v) is 3.22. The number of hydrogen-bond donors (Lipinski definition) is 1. The van der Waals surface area contributed by atoms with Crippen molar-refractivity contribution in [1.29, 1.82) is 5.26 Å². The van der Waals surface area contributed by atoms with Crippen molar-refractivity contribution in [2.45, 2.75) is 33.2 Å². The van der Waals surface area contributed by atoms with Crippen LogP contribution in [0.4, 0.5) is 5.69 Å². The molecule has 0 aliphatic rings. The van der Waals surface area contributed by atoms with Crippen molar-refractivity contribution in [1.82, 2.24) is 9.78 Å². The summed E-state index contributed by atoms with van der Waals surface area (Å²) in [6, 6.07) is 10.9. The van der Waals surface area contributed by atoms with Crippen LogP contribution in [0.5, 0.6) is 0 Å². The molecule has 0 fully saturated rings. The van der Waals surface area contributed by atoms with Gasteiger partial charge in [0.2, 0.25) is 5.91 Å². The molecule has 0 aliphatic carbocycles. The van der Waals surface area contributed by atoms with E-state index in [9.17, 15) is 4.79 Å². The molecule has 1 amide bonds. The normalized spacial score (nSPS) is 11.7. The summed E-state index contributed by atoms with van der Waals surface area (Å²) in [6.07, 6.45) is 0.332. The molecule has 1 aromatic heterocycles. The van der Waals surface area contributed by atoms with Gasteiger partial charge in [0, 0.05) is 17.8 Å². The summed E-state index contributed by atoms with van der Waals surface area (Å²) in [7, 11) is 0. The predicted octanol–water partition coefficient (Wildman–Crippen LogP) is 2.96. The third-order valence-electron chi connectivity index (χ3n) is 3.22. The van der Waals surface area contributed by atoms with Crippen LogP contribution in [0.15, 0.2) is 30.3 Å². The Hall–Kier alpha value is -2.61. The van der Waals surface area contributed by atoms with Crippen molar-refractivity contribution in [2.75, 3.05) is 5.32 Å². The first-order valence-corrected chi connectivity index (χ1v) is 6.82. The lowest BCUT2D eigenvalue weighted by Gasteiger charge is -2.14. The van der Waals surface area contributed by atoms with Crippen LogP contribution in [0.1, 0.15) is 36.3 Å². The van der Waals surface area contributed by atoms with E-state index >= 15 is 0 Å². The fourth-order valence-electron chi connectivity index (χ4n) is 2.33. The molecule has 0 spiro atoms. The summed E-state index contributed by atoms with van der Waals surface area (Å²) in [4.78, 5) is 12.1.